The van der Waals surface area contributed by atoms with Crippen LogP contribution < -0.4 is 10.6 Å². The molecule has 1 aromatic heterocycles. The van der Waals surface area contributed by atoms with E-state index < -0.39 is 17.6 Å². The average Bonchev–Trinajstić information content (AvgIpc) is 2.63. The molecule has 0 radical (unpaired) electrons. The van der Waals surface area contributed by atoms with Gasteiger partial charge in [0, 0.05) is 21.8 Å². The van der Waals surface area contributed by atoms with Crippen molar-refractivity contribution in [1.29, 1.82) is 0 Å². The topological polar surface area (TPSA) is 71.1 Å². The van der Waals surface area contributed by atoms with Crippen LogP contribution in [0.4, 0.5) is 15.8 Å². The Labute approximate surface area is 164 Å². The fraction of sp³-hybridized carbons (Fsp3) is 0. The van der Waals surface area contributed by atoms with Crippen molar-refractivity contribution in [3.05, 3.63) is 87.9 Å². The molecular weight excluding hydrogens is 392 g/mol. The molecule has 0 aliphatic heterocycles. The van der Waals surface area contributed by atoms with Crippen LogP contribution in [0.15, 0.2) is 60.8 Å². The molecule has 0 spiro atoms. The Balaban J connectivity index is 1.86. The minimum atomic E-state index is -0.578. The summed E-state index contributed by atoms with van der Waals surface area (Å²) >= 11 is 11.8. The van der Waals surface area contributed by atoms with Crippen LogP contribution in [-0.2, 0) is 0 Å². The minimum Gasteiger partial charge on any atom is -0.320 e. The first-order valence-corrected chi connectivity index (χ1v) is 8.47. The summed E-state index contributed by atoms with van der Waals surface area (Å²) in [5.74, 6) is -1.63. The maximum Gasteiger partial charge on any atom is 0.274 e. The molecule has 2 N–H and O–H groups in total. The first kappa shape index (κ1) is 18.8. The summed E-state index contributed by atoms with van der Waals surface area (Å²) in [6.45, 7) is 0. The summed E-state index contributed by atoms with van der Waals surface area (Å²) in [4.78, 5) is 28.7. The first-order chi connectivity index (χ1) is 12.9. The van der Waals surface area contributed by atoms with Gasteiger partial charge in [0.1, 0.15) is 11.5 Å². The number of pyridine rings is 1. The highest BCUT2D eigenvalue weighted by molar-refractivity contribution is 6.35. The number of carbonyl (C=O) groups is 2. The molecule has 2 amide bonds. The number of nitrogens with one attached hydrogen (secondary N) is 2. The summed E-state index contributed by atoms with van der Waals surface area (Å²) in [6.07, 6.45) is 1.48. The van der Waals surface area contributed by atoms with Crippen molar-refractivity contribution < 1.29 is 14.0 Å². The van der Waals surface area contributed by atoms with E-state index in [1.165, 1.54) is 42.6 Å². The molecule has 3 rings (SSSR count). The quantitative estimate of drug-likeness (QED) is 0.641. The molecule has 1 heterocycles. The molecule has 27 heavy (non-hydrogen) atoms. The van der Waals surface area contributed by atoms with Crippen LogP contribution in [0, 0.1) is 5.82 Å². The zero-order valence-electron chi connectivity index (χ0n) is 13.7. The lowest BCUT2D eigenvalue weighted by Gasteiger charge is -2.13. The van der Waals surface area contributed by atoms with Crippen molar-refractivity contribution in [1.82, 2.24) is 4.98 Å². The molecule has 0 unspecified atom stereocenters. The third kappa shape index (κ3) is 4.81. The van der Waals surface area contributed by atoms with Gasteiger partial charge in [0.15, 0.2) is 0 Å². The monoisotopic (exact) mass is 403 g/mol. The van der Waals surface area contributed by atoms with E-state index in [1.54, 1.807) is 12.1 Å². The zero-order chi connectivity index (χ0) is 19.4. The van der Waals surface area contributed by atoms with Crippen LogP contribution in [-0.4, -0.2) is 16.8 Å². The molecule has 0 atom stereocenters. The molecule has 136 valence electrons. The number of rotatable bonds is 4. The van der Waals surface area contributed by atoms with E-state index in [-0.39, 0.29) is 32.7 Å². The van der Waals surface area contributed by atoms with Gasteiger partial charge in [-0.15, -0.1) is 0 Å². The number of carbonyl (C=O) groups excluding carboxylic acids is 2. The van der Waals surface area contributed by atoms with Gasteiger partial charge in [0.2, 0.25) is 0 Å². The van der Waals surface area contributed by atoms with Gasteiger partial charge in [-0.3, -0.25) is 14.6 Å². The Morgan fingerprint density at radius 1 is 0.852 bits per heavy atom. The number of amides is 2. The molecule has 2 aromatic carbocycles. The summed E-state index contributed by atoms with van der Waals surface area (Å²) in [6, 6.07) is 12.8. The van der Waals surface area contributed by atoms with E-state index in [0.717, 1.165) is 6.07 Å². The van der Waals surface area contributed by atoms with Crippen molar-refractivity contribution in [2.45, 2.75) is 0 Å². The Bertz CT molecular complexity index is 993. The molecule has 5 nitrogen and oxygen atoms in total. The summed E-state index contributed by atoms with van der Waals surface area (Å²) in [7, 11) is 0. The second-order valence-electron chi connectivity index (χ2n) is 5.47. The fourth-order valence-electron chi connectivity index (χ4n) is 2.29. The van der Waals surface area contributed by atoms with Crippen molar-refractivity contribution in [2.24, 2.45) is 0 Å². The highest BCUT2D eigenvalue weighted by Gasteiger charge is 2.14. The van der Waals surface area contributed by atoms with Gasteiger partial charge in [-0.05, 0) is 48.5 Å². The molecule has 0 saturated carbocycles. The number of hydrogen-bond donors (Lipinski definition) is 2. The summed E-state index contributed by atoms with van der Waals surface area (Å²) in [5, 5.41) is 5.72. The molecule has 0 saturated heterocycles. The van der Waals surface area contributed by atoms with Crippen LogP contribution in [0.5, 0.6) is 0 Å². The average molecular weight is 404 g/mol. The lowest BCUT2D eigenvalue weighted by Crippen LogP contribution is -2.17. The largest absolute Gasteiger partial charge is 0.320 e. The number of anilines is 2. The van der Waals surface area contributed by atoms with Crippen molar-refractivity contribution >= 4 is 46.4 Å². The van der Waals surface area contributed by atoms with Gasteiger partial charge in [-0.2, -0.15) is 0 Å². The molecule has 8 heteroatoms. The zero-order valence-corrected chi connectivity index (χ0v) is 15.2. The lowest BCUT2D eigenvalue weighted by molar-refractivity contribution is 0.101. The smallest absolute Gasteiger partial charge is 0.274 e. The van der Waals surface area contributed by atoms with E-state index in [4.69, 9.17) is 23.2 Å². The van der Waals surface area contributed by atoms with Gasteiger partial charge in [-0.25, -0.2) is 4.39 Å². The Morgan fingerprint density at radius 2 is 1.56 bits per heavy atom. The fourth-order valence-corrected chi connectivity index (χ4v) is 2.82. The van der Waals surface area contributed by atoms with Gasteiger partial charge in [-0.1, -0.05) is 29.3 Å². The Kier molecular flexibility index (Phi) is 5.69. The third-order valence-corrected chi connectivity index (χ3v) is 3.94. The van der Waals surface area contributed by atoms with Gasteiger partial charge >= 0.3 is 0 Å². The minimum absolute atomic E-state index is 0.0837. The van der Waals surface area contributed by atoms with Crippen LogP contribution in [0.25, 0.3) is 0 Å². The highest BCUT2D eigenvalue weighted by Crippen LogP contribution is 2.25. The maximum absolute atomic E-state index is 13.7. The number of halogens is 3. The van der Waals surface area contributed by atoms with Gasteiger partial charge < -0.3 is 10.6 Å². The van der Waals surface area contributed by atoms with E-state index in [1.807, 2.05) is 0 Å². The molecular formula is C19H12Cl2FN3O2. The van der Waals surface area contributed by atoms with E-state index in [9.17, 15) is 14.0 Å². The van der Waals surface area contributed by atoms with Crippen LogP contribution in [0.2, 0.25) is 10.0 Å². The molecule has 0 aliphatic carbocycles. The van der Waals surface area contributed by atoms with Crippen molar-refractivity contribution in [3.8, 4) is 0 Å². The van der Waals surface area contributed by atoms with E-state index >= 15 is 0 Å². The van der Waals surface area contributed by atoms with Gasteiger partial charge in [0.05, 0.1) is 11.4 Å². The Morgan fingerprint density at radius 3 is 2.22 bits per heavy atom. The summed E-state index contributed by atoms with van der Waals surface area (Å²) in [5.41, 5.74) is 0.674. The first-order valence-electron chi connectivity index (χ1n) is 7.72. The number of benzene rings is 2. The maximum atomic E-state index is 13.7. The van der Waals surface area contributed by atoms with Crippen LogP contribution in [0.3, 0.4) is 0 Å². The Hall–Kier alpha value is -2.96. The molecule has 0 aliphatic rings. The van der Waals surface area contributed by atoms with Crippen LogP contribution in [0.1, 0.15) is 20.8 Å². The predicted molar refractivity (Wildman–Crippen MR) is 103 cm³/mol. The van der Waals surface area contributed by atoms with Gasteiger partial charge in [0.25, 0.3) is 11.8 Å². The number of hydrogen-bond acceptors (Lipinski definition) is 3. The SMILES string of the molecule is O=C(Nc1cc(F)ccc1NC(=O)c1ccccn1)c1cc(Cl)cc(Cl)c1. The van der Waals surface area contributed by atoms with Crippen molar-refractivity contribution in [3.63, 3.8) is 0 Å². The predicted octanol–water partition coefficient (Wildman–Crippen LogP) is 5.03. The second kappa shape index (κ2) is 8.16. The number of nitrogens with zero attached hydrogens (tertiary/aromatic N) is 1. The second-order valence-corrected chi connectivity index (χ2v) is 6.34. The van der Waals surface area contributed by atoms with Crippen molar-refractivity contribution in [2.75, 3.05) is 10.6 Å². The highest BCUT2D eigenvalue weighted by atomic mass is 35.5. The molecule has 0 fully saturated rings. The van der Waals surface area contributed by atoms with E-state index in [2.05, 4.69) is 15.6 Å². The normalized spacial score (nSPS) is 10.3. The lowest BCUT2D eigenvalue weighted by atomic mass is 10.2. The third-order valence-electron chi connectivity index (χ3n) is 3.50. The summed E-state index contributed by atoms with van der Waals surface area (Å²) < 4.78 is 13.7. The standard InChI is InChI=1S/C19H12Cl2FN3O2/c20-12-7-11(8-13(21)9-12)18(26)25-17-10-14(22)4-5-15(17)24-19(27)16-3-1-2-6-23-16/h1-10H,(H,24,27)(H,25,26). The van der Waals surface area contributed by atoms with E-state index in [0.29, 0.717) is 0 Å². The number of aromatic nitrogens is 1. The molecule has 0 bridgehead atoms. The molecule has 3 aromatic rings. The van der Waals surface area contributed by atoms with Crippen LogP contribution >= 0.6 is 23.2 Å².